The van der Waals surface area contributed by atoms with Gasteiger partial charge in [0.05, 0.1) is 0 Å². The van der Waals surface area contributed by atoms with Crippen LogP contribution >= 0.6 is 0 Å². The van der Waals surface area contributed by atoms with Crippen LogP contribution in [0.4, 0.5) is 0 Å². The SMILES string of the molecule is C/C=C1/CNNC(=NCCCCNCC2CCCC2)/C1=C/C. The summed E-state index contributed by atoms with van der Waals surface area (Å²) in [6.45, 7) is 8.26. The predicted octanol–water partition coefficient (Wildman–Crippen LogP) is 2.95. The summed E-state index contributed by atoms with van der Waals surface area (Å²) in [4.78, 5) is 4.71. The summed E-state index contributed by atoms with van der Waals surface area (Å²) in [7, 11) is 0. The maximum atomic E-state index is 4.71. The normalized spacial score (nSPS) is 25.3. The first-order chi connectivity index (χ1) is 10.8. The molecule has 0 bridgehead atoms. The average molecular weight is 304 g/mol. The number of unbranched alkanes of at least 4 members (excludes halogenated alkanes) is 1. The average Bonchev–Trinajstić information content (AvgIpc) is 3.06. The van der Waals surface area contributed by atoms with Crippen LogP contribution in [0.25, 0.3) is 0 Å². The molecule has 0 aromatic heterocycles. The van der Waals surface area contributed by atoms with Gasteiger partial charge in [-0.3, -0.25) is 4.99 Å². The van der Waals surface area contributed by atoms with Gasteiger partial charge in [-0.15, -0.1) is 0 Å². The van der Waals surface area contributed by atoms with E-state index in [0.717, 1.165) is 37.8 Å². The van der Waals surface area contributed by atoms with Gasteiger partial charge in [-0.25, -0.2) is 5.43 Å². The molecule has 0 spiro atoms. The second kappa shape index (κ2) is 9.80. The molecule has 1 saturated carbocycles. The highest BCUT2D eigenvalue weighted by atomic mass is 15.4. The highest BCUT2D eigenvalue weighted by Gasteiger charge is 2.15. The monoisotopic (exact) mass is 304 g/mol. The van der Waals surface area contributed by atoms with Gasteiger partial charge in [0.1, 0.15) is 5.84 Å². The van der Waals surface area contributed by atoms with E-state index in [9.17, 15) is 0 Å². The smallest absolute Gasteiger partial charge is 0.142 e. The van der Waals surface area contributed by atoms with E-state index >= 15 is 0 Å². The van der Waals surface area contributed by atoms with Crippen molar-refractivity contribution in [3.05, 3.63) is 23.3 Å². The van der Waals surface area contributed by atoms with E-state index < -0.39 is 0 Å². The Balaban J connectivity index is 1.62. The molecule has 124 valence electrons. The molecule has 0 radical (unpaired) electrons. The molecule has 4 nitrogen and oxygen atoms in total. The minimum Gasteiger partial charge on any atom is -0.316 e. The molecule has 0 aromatic rings. The Kier molecular flexibility index (Phi) is 7.67. The molecule has 1 aliphatic heterocycles. The number of hydrazine groups is 1. The molecule has 1 aliphatic carbocycles. The fourth-order valence-corrected chi connectivity index (χ4v) is 3.32. The zero-order valence-electron chi connectivity index (χ0n) is 14.3. The molecule has 2 rings (SSSR count). The summed E-state index contributed by atoms with van der Waals surface area (Å²) in [6, 6.07) is 0. The fraction of sp³-hybridized carbons (Fsp3) is 0.722. The summed E-state index contributed by atoms with van der Waals surface area (Å²) in [5.74, 6) is 1.93. The van der Waals surface area contributed by atoms with E-state index in [-0.39, 0.29) is 0 Å². The van der Waals surface area contributed by atoms with Crippen molar-refractivity contribution in [1.29, 1.82) is 0 Å². The van der Waals surface area contributed by atoms with E-state index in [1.807, 2.05) is 0 Å². The molecule has 1 saturated heterocycles. The van der Waals surface area contributed by atoms with E-state index in [2.05, 4.69) is 42.2 Å². The van der Waals surface area contributed by atoms with Gasteiger partial charge in [0.25, 0.3) is 0 Å². The third-order valence-corrected chi connectivity index (χ3v) is 4.66. The second-order valence-electron chi connectivity index (χ2n) is 6.29. The molecule has 3 N–H and O–H groups in total. The van der Waals surface area contributed by atoms with E-state index in [0.29, 0.717) is 0 Å². The van der Waals surface area contributed by atoms with Gasteiger partial charge < -0.3 is 10.7 Å². The minimum atomic E-state index is 0.861. The van der Waals surface area contributed by atoms with Gasteiger partial charge in [0, 0.05) is 18.7 Å². The van der Waals surface area contributed by atoms with Gasteiger partial charge in [0.2, 0.25) is 0 Å². The number of hydrogen-bond acceptors (Lipinski definition) is 3. The van der Waals surface area contributed by atoms with Crippen LogP contribution in [-0.4, -0.2) is 32.0 Å². The van der Waals surface area contributed by atoms with E-state index in [1.54, 1.807) is 0 Å². The van der Waals surface area contributed by atoms with Crippen LogP contribution in [0.5, 0.6) is 0 Å². The number of nitrogens with one attached hydrogen (secondary N) is 3. The van der Waals surface area contributed by atoms with Crippen molar-refractivity contribution < 1.29 is 0 Å². The van der Waals surface area contributed by atoms with Crippen LogP contribution in [0, 0.1) is 5.92 Å². The van der Waals surface area contributed by atoms with Crippen LogP contribution in [0.15, 0.2) is 28.3 Å². The Morgan fingerprint density at radius 3 is 2.73 bits per heavy atom. The molecular formula is C18H32N4. The topological polar surface area (TPSA) is 48.5 Å². The molecular weight excluding hydrogens is 272 g/mol. The number of nitrogens with zero attached hydrogens (tertiary/aromatic N) is 1. The number of aliphatic imine (C=N–C) groups is 1. The minimum absolute atomic E-state index is 0.861. The molecule has 1 heterocycles. The van der Waals surface area contributed by atoms with E-state index in [1.165, 1.54) is 49.8 Å². The van der Waals surface area contributed by atoms with Crippen LogP contribution in [0.3, 0.4) is 0 Å². The van der Waals surface area contributed by atoms with Crippen molar-refractivity contribution in [2.75, 3.05) is 26.2 Å². The molecule has 0 aromatic carbocycles. The number of allylic oxidation sites excluding steroid dienone is 2. The van der Waals surface area contributed by atoms with Gasteiger partial charge in [-0.2, -0.15) is 0 Å². The zero-order valence-corrected chi connectivity index (χ0v) is 14.3. The summed E-state index contributed by atoms with van der Waals surface area (Å²) in [6.07, 6.45) is 12.4. The van der Waals surface area contributed by atoms with Crippen LogP contribution in [0.1, 0.15) is 52.4 Å². The second-order valence-corrected chi connectivity index (χ2v) is 6.29. The van der Waals surface area contributed by atoms with Crippen molar-refractivity contribution in [3.8, 4) is 0 Å². The summed E-state index contributed by atoms with van der Waals surface area (Å²) in [5.41, 5.74) is 8.94. The molecule has 22 heavy (non-hydrogen) atoms. The number of amidine groups is 1. The van der Waals surface area contributed by atoms with Crippen molar-refractivity contribution >= 4 is 5.84 Å². The lowest BCUT2D eigenvalue weighted by molar-refractivity contribution is 0.483. The lowest BCUT2D eigenvalue weighted by atomic mass is 10.0. The van der Waals surface area contributed by atoms with Crippen molar-refractivity contribution in [1.82, 2.24) is 16.2 Å². The summed E-state index contributed by atoms with van der Waals surface area (Å²) in [5, 5.41) is 3.60. The molecule has 2 fully saturated rings. The van der Waals surface area contributed by atoms with Gasteiger partial charge in [0.15, 0.2) is 0 Å². The van der Waals surface area contributed by atoms with Gasteiger partial charge in [-0.1, -0.05) is 25.0 Å². The Hall–Kier alpha value is -1.13. The molecule has 0 unspecified atom stereocenters. The first kappa shape index (κ1) is 17.2. The molecule has 0 atom stereocenters. The predicted molar refractivity (Wildman–Crippen MR) is 95.0 cm³/mol. The maximum Gasteiger partial charge on any atom is 0.142 e. The van der Waals surface area contributed by atoms with Gasteiger partial charge >= 0.3 is 0 Å². The molecule has 0 amide bonds. The number of rotatable bonds is 7. The highest BCUT2D eigenvalue weighted by molar-refractivity contribution is 6.02. The summed E-state index contributed by atoms with van der Waals surface area (Å²) >= 11 is 0. The Morgan fingerprint density at radius 1 is 1.18 bits per heavy atom. The zero-order chi connectivity index (χ0) is 15.6. The lowest BCUT2D eigenvalue weighted by Crippen LogP contribution is -2.45. The first-order valence-electron chi connectivity index (χ1n) is 8.91. The maximum absolute atomic E-state index is 4.71. The fourth-order valence-electron chi connectivity index (χ4n) is 3.32. The third-order valence-electron chi connectivity index (χ3n) is 4.66. The standard InChI is InChI=1S/C18H32N4/c1-3-16-14-21-22-18(17(16)4-2)20-12-8-7-11-19-13-15-9-5-6-10-15/h3-4,15,19,21H,5-14H2,1-2H3,(H,20,22)/b16-3-,17-4+. The Labute approximate surface area is 135 Å². The highest BCUT2D eigenvalue weighted by Crippen LogP contribution is 2.23. The van der Waals surface area contributed by atoms with Gasteiger partial charge in [-0.05, 0) is 64.1 Å². The quantitative estimate of drug-likeness (QED) is 0.634. The van der Waals surface area contributed by atoms with Crippen LogP contribution in [-0.2, 0) is 0 Å². The van der Waals surface area contributed by atoms with Crippen LogP contribution in [0.2, 0.25) is 0 Å². The first-order valence-corrected chi connectivity index (χ1v) is 8.91. The van der Waals surface area contributed by atoms with Crippen LogP contribution < -0.4 is 16.2 Å². The van der Waals surface area contributed by atoms with Crippen molar-refractivity contribution in [2.24, 2.45) is 10.9 Å². The third kappa shape index (κ3) is 5.25. The lowest BCUT2D eigenvalue weighted by Gasteiger charge is -2.23. The molecule has 2 aliphatic rings. The van der Waals surface area contributed by atoms with E-state index in [4.69, 9.17) is 4.99 Å². The Morgan fingerprint density at radius 2 is 2.00 bits per heavy atom. The Bertz CT molecular complexity index is 417. The van der Waals surface area contributed by atoms with Crippen molar-refractivity contribution in [3.63, 3.8) is 0 Å². The number of hydrogen-bond donors (Lipinski definition) is 3. The van der Waals surface area contributed by atoms with Crippen molar-refractivity contribution in [2.45, 2.75) is 52.4 Å². The molecule has 4 heteroatoms. The summed E-state index contributed by atoms with van der Waals surface area (Å²) < 4.78 is 0. The largest absolute Gasteiger partial charge is 0.316 e.